The normalized spacial score (nSPS) is 12.1. The van der Waals surface area contributed by atoms with Crippen LogP contribution >= 0.6 is 0 Å². The third kappa shape index (κ3) is 6.72. The van der Waals surface area contributed by atoms with Crippen molar-refractivity contribution in [3.63, 3.8) is 0 Å². The zero-order chi connectivity index (χ0) is 19.6. The molecule has 0 amide bonds. The van der Waals surface area contributed by atoms with Gasteiger partial charge in [-0.25, -0.2) is 0 Å². The zero-order valence-electron chi connectivity index (χ0n) is 16.1. The van der Waals surface area contributed by atoms with E-state index in [2.05, 4.69) is 29.2 Å². The number of hydrogen-bond donors (Lipinski definition) is 2. The molecule has 0 spiro atoms. The first-order chi connectivity index (χ1) is 13.7. The van der Waals surface area contributed by atoms with E-state index in [1.165, 1.54) is 11.1 Å². The highest BCUT2D eigenvalue weighted by atomic mass is 16.5. The number of nitrogens with two attached hydrogens (primary N) is 1. The van der Waals surface area contributed by atoms with Crippen LogP contribution in [0.2, 0.25) is 0 Å². The van der Waals surface area contributed by atoms with Crippen LogP contribution in [-0.4, -0.2) is 35.8 Å². The number of rotatable bonds is 10. The Hall–Kier alpha value is -2.82. The van der Waals surface area contributed by atoms with Crippen LogP contribution in [-0.2, 0) is 13.0 Å². The maximum Gasteiger partial charge on any atom is 0.119 e. The monoisotopic (exact) mass is 376 g/mol. The maximum atomic E-state index is 10.5. The molecule has 3 aromatic carbocycles. The lowest BCUT2D eigenvalue weighted by atomic mass is 10.1. The van der Waals surface area contributed by atoms with Crippen LogP contribution in [0, 0.1) is 0 Å². The quantitative estimate of drug-likeness (QED) is 0.529. The van der Waals surface area contributed by atoms with E-state index in [1.54, 1.807) is 0 Å². The topological polar surface area (TPSA) is 58.7 Å². The number of benzene rings is 3. The van der Waals surface area contributed by atoms with Crippen molar-refractivity contribution in [1.82, 2.24) is 4.90 Å². The van der Waals surface area contributed by atoms with Gasteiger partial charge >= 0.3 is 0 Å². The van der Waals surface area contributed by atoms with E-state index in [1.807, 2.05) is 60.7 Å². The molecule has 0 aromatic heterocycles. The van der Waals surface area contributed by atoms with Crippen LogP contribution in [0.5, 0.6) is 5.75 Å². The first-order valence-corrected chi connectivity index (χ1v) is 9.65. The molecule has 28 heavy (non-hydrogen) atoms. The number of nitrogen functional groups attached to an aromatic ring is 1. The lowest BCUT2D eigenvalue weighted by Gasteiger charge is -2.25. The number of nitrogens with zero attached hydrogens (tertiary/aromatic N) is 1. The van der Waals surface area contributed by atoms with E-state index >= 15 is 0 Å². The van der Waals surface area contributed by atoms with Gasteiger partial charge in [-0.3, -0.25) is 4.90 Å². The Labute approximate surface area is 167 Å². The summed E-state index contributed by atoms with van der Waals surface area (Å²) in [7, 11) is 0. The number of aliphatic hydroxyl groups excluding tert-OH is 1. The number of para-hydroxylation sites is 1. The van der Waals surface area contributed by atoms with Gasteiger partial charge in [-0.2, -0.15) is 0 Å². The SMILES string of the molecule is Nc1ccc(CCN(Cc2ccccc2)C[C@H](O)COc2ccccc2)cc1. The smallest absolute Gasteiger partial charge is 0.119 e. The van der Waals surface area contributed by atoms with Crippen LogP contribution in [0.15, 0.2) is 84.9 Å². The Bertz CT molecular complexity index is 807. The van der Waals surface area contributed by atoms with Gasteiger partial charge in [0.1, 0.15) is 18.5 Å². The summed E-state index contributed by atoms with van der Waals surface area (Å²) in [6, 6.07) is 27.9. The molecule has 0 heterocycles. The molecule has 4 heteroatoms. The van der Waals surface area contributed by atoms with Gasteiger partial charge in [-0.05, 0) is 41.8 Å². The summed E-state index contributed by atoms with van der Waals surface area (Å²) < 4.78 is 5.70. The van der Waals surface area contributed by atoms with Crippen molar-refractivity contribution in [3.8, 4) is 5.75 Å². The second-order valence-corrected chi connectivity index (χ2v) is 6.99. The highest BCUT2D eigenvalue weighted by Gasteiger charge is 2.13. The largest absolute Gasteiger partial charge is 0.491 e. The highest BCUT2D eigenvalue weighted by molar-refractivity contribution is 5.39. The Balaban J connectivity index is 1.57. The number of hydrogen-bond acceptors (Lipinski definition) is 4. The third-order valence-corrected chi connectivity index (χ3v) is 4.60. The van der Waals surface area contributed by atoms with Gasteiger partial charge in [-0.15, -0.1) is 0 Å². The molecule has 0 aliphatic heterocycles. The summed E-state index contributed by atoms with van der Waals surface area (Å²) in [6.45, 7) is 2.47. The zero-order valence-corrected chi connectivity index (χ0v) is 16.1. The molecule has 0 bridgehead atoms. The molecule has 4 nitrogen and oxygen atoms in total. The summed E-state index contributed by atoms with van der Waals surface area (Å²) >= 11 is 0. The molecule has 1 atom stereocenters. The third-order valence-electron chi connectivity index (χ3n) is 4.60. The van der Waals surface area contributed by atoms with Crippen LogP contribution < -0.4 is 10.5 Å². The number of ether oxygens (including phenoxy) is 1. The Morgan fingerprint density at radius 3 is 2.14 bits per heavy atom. The van der Waals surface area contributed by atoms with Crippen LogP contribution in [0.3, 0.4) is 0 Å². The number of anilines is 1. The standard InChI is InChI=1S/C24H28N2O2/c25-22-13-11-20(12-14-22)15-16-26(17-21-7-3-1-4-8-21)18-23(27)19-28-24-9-5-2-6-10-24/h1-14,23,27H,15-19,25H2/t23-/m0/s1. The molecular weight excluding hydrogens is 348 g/mol. The minimum absolute atomic E-state index is 0.275. The fourth-order valence-corrected chi connectivity index (χ4v) is 3.11. The molecule has 146 valence electrons. The van der Waals surface area contributed by atoms with E-state index in [0.29, 0.717) is 6.54 Å². The molecule has 0 fully saturated rings. The van der Waals surface area contributed by atoms with Gasteiger partial charge in [-0.1, -0.05) is 60.7 Å². The maximum absolute atomic E-state index is 10.5. The van der Waals surface area contributed by atoms with Crippen LogP contribution in [0.1, 0.15) is 11.1 Å². The first kappa shape index (κ1) is 19.9. The molecule has 0 radical (unpaired) electrons. The van der Waals surface area contributed by atoms with Gasteiger partial charge in [0.25, 0.3) is 0 Å². The lowest BCUT2D eigenvalue weighted by molar-refractivity contribution is 0.0659. The van der Waals surface area contributed by atoms with E-state index in [4.69, 9.17) is 10.5 Å². The van der Waals surface area contributed by atoms with Gasteiger partial charge < -0.3 is 15.6 Å². The van der Waals surface area contributed by atoms with E-state index in [0.717, 1.165) is 30.9 Å². The summed E-state index contributed by atoms with van der Waals surface area (Å²) in [5, 5.41) is 10.5. The van der Waals surface area contributed by atoms with E-state index in [9.17, 15) is 5.11 Å². The van der Waals surface area contributed by atoms with Crippen molar-refractivity contribution in [2.45, 2.75) is 19.1 Å². The first-order valence-electron chi connectivity index (χ1n) is 9.65. The molecular formula is C24H28N2O2. The predicted octanol–water partition coefficient (Wildman–Crippen LogP) is 3.75. The van der Waals surface area contributed by atoms with E-state index in [-0.39, 0.29) is 6.61 Å². The van der Waals surface area contributed by atoms with Crippen molar-refractivity contribution < 1.29 is 9.84 Å². The molecule has 0 aliphatic rings. The summed E-state index contributed by atoms with van der Waals surface area (Å²) in [6.07, 6.45) is 0.342. The predicted molar refractivity (Wildman–Crippen MR) is 114 cm³/mol. The Morgan fingerprint density at radius 2 is 1.46 bits per heavy atom. The van der Waals surface area contributed by atoms with E-state index < -0.39 is 6.10 Å². The average Bonchev–Trinajstić information content (AvgIpc) is 2.73. The van der Waals surface area contributed by atoms with Crippen LogP contribution in [0.4, 0.5) is 5.69 Å². The van der Waals surface area contributed by atoms with Crippen molar-refractivity contribution in [3.05, 3.63) is 96.1 Å². The molecule has 3 aromatic rings. The fourth-order valence-electron chi connectivity index (χ4n) is 3.11. The average molecular weight is 377 g/mol. The molecule has 3 rings (SSSR count). The summed E-state index contributed by atoms with van der Waals surface area (Å²) in [5.74, 6) is 0.776. The lowest BCUT2D eigenvalue weighted by Crippen LogP contribution is -2.36. The van der Waals surface area contributed by atoms with Gasteiger partial charge in [0.05, 0.1) is 0 Å². The molecule has 0 unspecified atom stereocenters. The molecule has 0 aliphatic carbocycles. The second kappa shape index (κ2) is 10.5. The van der Waals surface area contributed by atoms with Crippen molar-refractivity contribution >= 4 is 5.69 Å². The van der Waals surface area contributed by atoms with Gasteiger partial charge in [0.15, 0.2) is 0 Å². The summed E-state index contributed by atoms with van der Waals surface area (Å²) in [5.41, 5.74) is 9.02. The van der Waals surface area contributed by atoms with Crippen LogP contribution in [0.25, 0.3) is 0 Å². The van der Waals surface area contributed by atoms with Crippen molar-refractivity contribution in [1.29, 1.82) is 0 Å². The Morgan fingerprint density at radius 1 is 0.821 bits per heavy atom. The molecule has 3 N–H and O–H groups in total. The highest BCUT2D eigenvalue weighted by Crippen LogP contribution is 2.12. The molecule has 0 saturated heterocycles. The minimum Gasteiger partial charge on any atom is -0.491 e. The van der Waals surface area contributed by atoms with Crippen molar-refractivity contribution in [2.75, 3.05) is 25.4 Å². The minimum atomic E-state index is -0.560. The summed E-state index contributed by atoms with van der Waals surface area (Å²) in [4.78, 5) is 2.27. The molecule has 0 saturated carbocycles. The van der Waals surface area contributed by atoms with Gasteiger partial charge in [0.2, 0.25) is 0 Å². The fraction of sp³-hybridized carbons (Fsp3) is 0.250. The van der Waals surface area contributed by atoms with Gasteiger partial charge in [0, 0.05) is 25.3 Å². The second-order valence-electron chi connectivity index (χ2n) is 6.99. The Kier molecular flexibility index (Phi) is 7.47. The van der Waals surface area contributed by atoms with Crippen molar-refractivity contribution in [2.24, 2.45) is 0 Å². The number of aliphatic hydroxyl groups is 1.